The molecule has 2 nitrogen and oxygen atoms in total. The van der Waals surface area contributed by atoms with Crippen molar-refractivity contribution in [2.45, 2.75) is 26.8 Å². The second-order valence-corrected chi connectivity index (χ2v) is 6.12. The minimum Gasteiger partial charge on any atom is -0.346 e. The van der Waals surface area contributed by atoms with Crippen molar-refractivity contribution in [2.24, 2.45) is 0 Å². The number of carbonyl (C=O) groups is 1. The third-order valence-corrected chi connectivity index (χ3v) is 4.26. The smallest absolute Gasteiger partial charge is 0.252 e. The van der Waals surface area contributed by atoms with Gasteiger partial charge in [-0.25, -0.2) is 0 Å². The third kappa shape index (κ3) is 3.26. The predicted molar refractivity (Wildman–Crippen MR) is 95.7 cm³/mol. The maximum Gasteiger partial charge on any atom is 0.252 e. The van der Waals surface area contributed by atoms with Crippen LogP contribution in [0.25, 0.3) is 10.8 Å². The molecule has 0 heterocycles. The Labute approximate surface area is 137 Å². The number of carbonyl (C=O) groups excluding carboxylic acids is 1. The second-order valence-electron chi connectivity index (χ2n) is 6.12. The van der Waals surface area contributed by atoms with Gasteiger partial charge in [0.05, 0.1) is 6.04 Å². The molecular weight excluding hydrogens is 282 g/mol. The molecule has 0 aliphatic rings. The molecule has 0 aliphatic heterocycles. The van der Waals surface area contributed by atoms with Gasteiger partial charge in [-0.05, 0) is 54.8 Å². The highest BCUT2D eigenvalue weighted by atomic mass is 16.1. The molecule has 0 fully saturated rings. The number of rotatable bonds is 3. The molecule has 1 unspecified atom stereocenters. The van der Waals surface area contributed by atoms with E-state index in [1.165, 1.54) is 10.8 Å². The van der Waals surface area contributed by atoms with Crippen LogP contribution in [-0.2, 0) is 0 Å². The molecule has 0 bridgehead atoms. The van der Waals surface area contributed by atoms with E-state index in [1.807, 2.05) is 51.1 Å². The zero-order valence-electron chi connectivity index (χ0n) is 13.8. The van der Waals surface area contributed by atoms with Gasteiger partial charge in [0, 0.05) is 5.56 Å². The molecule has 0 saturated heterocycles. The van der Waals surface area contributed by atoms with Crippen molar-refractivity contribution < 1.29 is 4.79 Å². The van der Waals surface area contributed by atoms with Crippen molar-refractivity contribution in [1.82, 2.24) is 5.32 Å². The van der Waals surface area contributed by atoms with E-state index in [0.29, 0.717) is 0 Å². The third-order valence-electron chi connectivity index (χ3n) is 4.26. The summed E-state index contributed by atoms with van der Waals surface area (Å²) in [6, 6.07) is 20.5. The summed E-state index contributed by atoms with van der Waals surface area (Å²) < 4.78 is 0. The summed E-state index contributed by atoms with van der Waals surface area (Å²) in [6.45, 7) is 5.99. The number of hydrogen-bond acceptors (Lipinski definition) is 1. The van der Waals surface area contributed by atoms with Gasteiger partial charge >= 0.3 is 0 Å². The fraction of sp³-hybridized carbons (Fsp3) is 0.190. The Morgan fingerprint density at radius 3 is 2.43 bits per heavy atom. The molecule has 0 radical (unpaired) electrons. The zero-order chi connectivity index (χ0) is 16.4. The van der Waals surface area contributed by atoms with E-state index in [4.69, 9.17) is 0 Å². The Kier molecular flexibility index (Phi) is 4.16. The van der Waals surface area contributed by atoms with Crippen LogP contribution in [0.3, 0.4) is 0 Å². The maximum absolute atomic E-state index is 12.6. The van der Waals surface area contributed by atoms with Gasteiger partial charge in [-0.1, -0.05) is 54.1 Å². The summed E-state index contributed by atoms with van der Waals surface area (Å²) >= 11 is 0. The highest BCUT2D eigenvalue weighted by Crippen LogP contribution is 2.21. The Bertz CT molecular complexity index is 867. The van der Waals surface area contributed by atoms with E-state index in [0.717, 1.165) is 22.3 Å². The zero-order valence-corrected chi connectivity index (χ0v) is 13.8. The molecule has 3 aromatic rings. The lowest BCUT2D eigenvalue weighted by Gasteiger charge is -2.16. The summed E-state index contributed by atoms with van der Waals surface area (Å²) in [4.78, 5) is 12.6. The van der Waals surface area contributed by atoms with Crippen molar-refractivity contribution in [3.05, 3.63) is 82.9 Å². The van der Waals surface area contributed by atoms with E-state index in [2.05, 4.69) is 35.6 Å². The lowest BCUT2D eigenvalue weighted by atomic mass is 10.0. The molecule has 0 spiro atoms. The largest absolute Gasteiger partial charge is 0.346 e. The summed E-state index contributed by atoms with van der Waals surface area (Å²) in [7, 11) is 0. The van der Waals surface area contributed by atoms with Gasteiger partial charge in [-0.3, -0.25) is 4.79 Å². The molecule has 0 aromatic heterocycles. The number of fused-ring (bicyclic) bond motifs is 1. The minimum absolute atomic E-state index is 0.0214. The monoisotopic (exact) mass is 303 g/mol. The van der Waals surface area contributed by atoms with E-state index in [-0.39, 0.29) is 11.9 Å². The van der Waals surface area contributed by atoms with Crippen LogP contribution in [-0.4, -0.2) is 5.91 Å². The van der Waals surface area contributed by atoms with Crippen LogP contribution >= 0.6 is 0 Å². The average Bonchev–Trinajstić information content (AvgIpc) is 2.56. The van der Waals surface area contributed by atoms with Crippen LogP contribution < -0.4 is 5.32 Å². The van der Waals surface area contributed by atoms with Crippen LogP contribution in [0.4, 0.5) is 0 Å². The fourth-order valence-electron chi connectivity index (χ4n) is 2.82. The quantitative estimate of drug-likeness (QED) is 0.729. The summed E-state index contributed by atoms with van der Waals surface area (Å²) in [5, 5.41) is 5.51. The lowest BCUT2D eigenvalue weighted by molar-refractivity contribution is 0.0939. The van der Waals surface area contributed by atoms with Crippen molar-refractivity contribution in [1.29, 1.82) is 0 Å². The Balaban J connectivity index is 1.83. The summed E-state index contributed by atoms with van der Waals surface area (Å²) in [6.07, 6.45) is 0. The molecule has 23 heavy (non-hydrogen) atoms. The van der Waals surface area contributed by atoms with Gasteiger partial charge < -0.3 is 5.32 Å². The second kappa shape index (κ2) is 6.25. The van der Waals surface area contributed by atoms with Gasteiger partial charge in [0.1, 0.15) is 0 Å². The first-order valence-electron chi connectivity index (χ1n) is 7.91. The number of nitrogens with one attached hydrogen (secondary N) is 1. The molecule has 116 valence electrons. The van der Waals surface area contributed by atoms with Gasteiger partial charge in [-0.15, -0.1) is 0 Å². The van der Waals surface area contributed by atoms with Crippen LogP contribution in [0.1, 0.15) is 40.0 Å². The normalized spacial score (nSPS) is 12.1. The van der Waals surface area contributed by atoms with E-state index in [1.54, 1.807) is 0 Å². The van der Waals surface area contributed by atoms with Crippen molar-refractivity contribution in [2.75, 3.05) is 0 Å². The van der Waals surface area contributed by atoms with E-state index < -0.39 is 0 Å². The standard InChI is InChI=1S/C21H21NO/c1-14-8-9-15(2)20(12-14)21(23)22-16(3)18-11-10-17-6-4-5-7-19(17)13-18/h4-13,16H,1-3H3,(H,22,23). The molecule has 3 aromatic carbocycles. The van der Waals surface area contributed by atoms with Gasteiger partial charge in [0.15, 0.2) is 0 Å². The summed E-state index contributed by atoms with van der Waals surface area (Å²) in [5.41, 5.74) is 3.96. The molecule has 3 rings (SSSR count). The van der Waals surface area contributed by atoms with Crippen LogP contribution in [0.15, 0.2) is 60.7 Å². The Morgan fingerprint density at radius 2 is 1.65 bits per heavy atom. The molecule has 2 heteroatoms. The minimum atomic E-state index is -0.0352. The Hall–Kier alpha value is -2.61. The highest BCUT2D eigenvalue weighted by molar-refractivity contribution is 5.96. The van der Waals surface area contributed by atoms with Crippen molar-refractivity contribution >= 4 is 16.7 Å². The number of amides is 1. The first-order chi connectivity index (χ1) is 11.0. The van der Waals surface area contributed by atoms with Gasteiger partial charge in [0.2, 0.25) is 0 Å². The van der Waals surface area contributed by atoms with E-state index in [9.17, 15) is 4.79 Å². The van der Waals surface area contributed by atoms with E-state index >= 15 is 0 Å². The molecule has 1 amide bonds. The van der Waals surface area contributed by atoms with Gasteiger partial charge in [0.25, 0.3) is 5.91 Å². The first-order valence-corrected chi connectivity index (χ1v) is 7.91. The SMILES string of the molecule is Cc1ccc(C)c(C(=O)NC(C)c2ccc3ccccc3c2)c1. The number of benzene rings is 3. The lowest BCUT2D eigenvalue weighted by Crippen LogP contribution is -2.27. The molecule has 1 N–H and O–H groups in total. The fourth-order valence-corrected chi connectivity index (χ4v) is 2.82. The first kappa shape index (κ1) is 15.3. The summed E-state index contributed by atoms with van der Waals surface area (Å²) in [5.74, 6) is -0.0214. The average molecular weight is 303 g/mol. The Morgan fingerprint density at radius 1 is 0.913 bits per heavy atom. The topological polar surface area (TPSA) is 29.1 Å². The number of hydrogen-bond donors (Lipinski definition) is 1. The number of aryl methyl sites for hydroxylation is 2. The van der Waals surface area contributed by atoms with Crippen LogP contribution in [0.5, 0.6) is 0 Å². The molecule has 0 aliphatic carbocycles. The predicted octanol–water partition coefficient (Wildman–Crippen LogP) is 4.95. The van der Waals surface area contributed by atoms with Crippen molar-refractivity contribution in [3.63, 3.8) is 0 Å². The molecule has 1 atom stereocenters. The van der Waals surface area contributed by atoms with Gasteiger partial charge in [-0.2, -0.15) is 0 Å². The van der Waals surface area contributed by atoms with Crippen LogP contribution in [0.2, 0.25) is 0 Å². The van der Waals surface area contributed by atoms with Crippen LogP contribution in [0, 0.1) is 13.8 Å². The molecule has 0 saturated carbocycles. The highest BCUT2D eigenvalue weighted by Gasteiger charge is 2.13. The van der Waals surface area contributed by atoms with Crippen molar-refractivity contribution in [3.8, 4) is 0 Å². The maximum atomic E-state index is 12.6. The molecular formula is C21H21NO.